The van der Waals surface area contributed by atoms with Crippen LogP contribution in [0.2, 0.25) is 0 Å². The summed E-state index contributed by atoms with van der Waals surface area (Å²) >= 11 is 0. The number of benzene rings is 3. The summed E-state index contributed by atoms with van der Waals surface area (Å²) in [7, 11) is 0. The van der Waals surface area contributed by atoms with Crippen LogP contribution in [0.15, 0.2) is 91.0 Å². The van der Waals surface area contributed by atoms with E-state index in [1.165, 1.54) is 6.08 Å². The summed E-state index contributed by atoms with van der Waals surface area (Å²) in [6.07, 6.45) is 3.19. The topological polar surface area (TPSA) is 58.2 Å². The van der Waals surface area contributed by atoms with Crippen LogP contribution in [0.25, 0.3) is 6.08 Å². The molecule has 0 spiro atoms. The lowest BCUT2D eigenvalue weighted by atomic mass is 10.1. The Hall–Kier alpha value is -3.66. The Labute approximate surface area is 164 Å². The number of para-hydroxylation sites is 1. The summed E-state index contributed by atoms with van der Waals surface area (Å²) < 4.78 is 0. The van der Waals surface area contributed by atoms with Gasteiger partial charge in [0.1, 0.15) is 0 Å². The van der Waals surface area contributed by atoms with Crippen LogP contribution >= 0.6 is 0 Å². The molecule has 2 N–H and O–H groups in total. The Morgan fingerprint density at radius 2 is 1.43 bits per heavy atom. The first-order valence-corrected chi connectivity index (χ1v) is 9.12. The lowest BCUT2D eigenvalue weighted by Crippen LogP contribution is -2.27. The maximum atomic E-state index is 12.7. The van der Waals surface area contributed by atoms with Gasteiger partial charge in [0.05, 0.1) is 17.3 Å². The van der Waals surface area contributed by atoms with Gasteiger partial charge < -0.3 is 10.6 Å². The molecule has 2 amide bonds. The predicted molar refractivity (Wildman–Crippen MR) is 113 cm³/mol. The molecule has 3 aromatic carbocycles. The summed E-state index contributed by atoms with van der Waals surface area (Å²) in [4.78, 5) is 25.0. The molecule has 3 aromatic rings. The van der Waals surface area contributed by atoms with E-state index in [1.54, 1.807) is 30.3 Å². The summed E-state index contributed by atoms with van der Waals surface area (Å²) in [5, 5.41) is 5.76. The Balaban J connectivity index is 1.69. The Kier molecular flexibility index (Phi) is 6.37. The Morgan fingerprint density at radius 1 is 0.821 bits per heavy atom. The van der Waals surface area contributed by atoms with E-state index < -0.39 is 0 Å². The molecule has 1 atom stereocenters. The van der Waals surface area contributed by atoms with Gasteiger partial charge in [-0.1, -0.05) is 72.8 Å². The van der Waals surface area contributed by atoms with Gasteiger partial charge in [-0.25, -0.2) is 0 Å². The van der Waals surface area contributed by atoms with Crippen molar-refractivity contribution in [2.24, 2.45) is 0 Å². The van der Waals surface area contributed by atoms with Gasteiger partial charge in [-0.2, -0.15) is 0 Å². The molecule has 0 bridgehead atoms. The molecule has 0 heterocycles. The molecular weight excluding hydrogens is 348 g/mol. The zero-order valence-corrected chi connectivity index (χ0v) is 15.6. The molecule has 4 heteroatoms. The molecule has 0 unspecified atom stereocenters. The fourth-order valence-electron chi connectivity index (χ4n) is 2.80. The third kappa shape index (κ3) is 5.17. The van der Waals surface area contributed by atoms with Crippen LogP contribution < -0.4 is 10.6 Å². The molecule has 0 saturated carbocycles. The van der Waals surface area contributed by atoms with E-state index in [0.29, 0.717) is 11.3 Å². The maximum absolute atomic E-state index is 12.7. The third-order valence-corrected chi connectivity index (χ3v) is 4.30. The summed E-state index contributed by atoms with van der Waals surface area (Å²) in [5.41, 5.74) is 2.85. The maximum Gasteiger partial charge on any atom is 0.253 e. The Morgan fingerprint density at radius 3 is 2.14 bits per heavy atom. The second kappa shape index (κ2) is 9.33. The number of amides is 2. The third-order valence-electron chi connectivity index (χ3n) is 4.30. The van der Waals surface area contributed by atoms with Crippen LogP contribution in [0.4, 0.5) is 5.69 Å². The van der Waals surface area contributed by atoms with Crippen molar-refractivity contribution < 1.29 is 9.59 Å². The van der Waals surface area contributed by atoms with Crippen LogP contribution in [0.1, 0.15) is 34.5 Å². The monoisotopic (exact) mass is 370 g/mol. The number of carbonyl (C=O) groups is 2. The highest BCUT2D eigenvalue weighted by atomic mass is 16.2. The van der Waals surface area contributed by atoms with Gasteiger partial charge in [-0.05, 0) is 36.3 Å². The van der Waals surface area contributed by atoms with E-state index in [0.717, 1.165) is 11.1 Å². The van der Waals surface area contributed by atoms with E-state index in [9.17, 15) is 9.59 Å². The van der Waals surface area contributed by atoms with Crippen molar-refractivity contribution in [2.45, 2.75) is 13.0 Å². The molecule has 0 fully saturated rings. The summed E-state index contributed by atoms with van der Waals surface area (Å²) in [6, 6.07) is 26.1. The minimum atomic E-state index is -0.291. The van der Waals surface area contributed by atoms with Gasteiger partial charge in [0.2, 0.25) is 5.91 Å². The highest BCUT2D eigenvalue weighted by Gasteiger charge is 2.15. The first-order valence-electron chi connectivity index (χ1n) is 9.12. The zero-order chi connectivity index (χ0) is 19.8. The van der Waals surface area contributed by atoms with Gasteiger partial charge in [-0.3, -0.25) is 9.59 Å². The zero-order valence-electron chi connectivity index (χ0n) is 15.6. The fourth-order valence-corrected chi connectivity index (χ4v) is 2.80. The van der Waals surface area contributed by atoms with Gasteiger partial charge in [-0.15, -0.1) is 0 Å². The molecule has 140 valence electrons. The van der Waals surface area contributed by atoms with E-state index in [1.807, 2.05) is 67.6 Å². The molecule has 0 saturated heterocycles. The smallest absolute Gasteiger partial charge is 0.253 e. The van der Waals surface area contributed by atoms with Crippen LogP contribution in [0.3, 0.4) is 0 Å². The normalized spacial score (nSPS) is 11.8. The average Bonchev–Trinajstić information content (AvgIpc) is 2.74. The van der Waals surface area contributed by atoms with Crippen molar-refractivity contribution in [1.82, 2.24) is 5.32 Å². The molecule has 0 aliphatic rings. The van der Waals surface area contributed by atoms with Crippen LogP contribution in [-0.4, -0.2) is 11.8 Å². The molecule has 0 aliphatic carbocycles. The lowest BCUT2D eigenvalue weighted by Gasteiger charge is -2.16. The van der Waals surface area contributed by atoms with Crippen LogP contribution in [0, 0.1) is 0 Å². The van der Waals surface area contributed by atoms with Crippen molar-refractivity contribution in [1.29, 1.82) is 0 Å². The minimum Gasteiger partial charge on any atom is -0.345 e. The predicted octanol–water partition coefficient (Wildman–Crippen LogP) is 4.83. The van der Waals surface area contributed by atoms with Crippen molar-refractivity contribution in [3.05, 3.63) is 108 Å². The van der Waals surface area contributed by atoms with E-state index in [-0.39, 0.29) is 17.9 Å². The SMILES string of the molecule is C[C@H](NC(=O)c1ccccc1NC(=O)/C=C/c1ccccc1)c1ccccc1. The molecule has 0 aliphatic heterocycles. The fraction of sp³-hybridized carbons (Fsp3) is 0.0833. The van der Waals surface area contributed by atoms with E-state index in [4.69, 9.17) is 0 Å². The number of rotatable bonds is 6. The molecule has 3 rings (SSSR count). The average molecular weight is 370 g/mol. The standard InChI is InChI=1S/C24H22N2O2/c1-18(20-12-6-3-7-13-20)25-24(28)21-14-8-9-15-22(21)26-23(27)17-16-19-10-4-2-5-11-19/h2-18H,1H3,(H,25,28)(H,26,27)/b17-16+/t18-/m0/s1. The number of hydrogen-bond acceptors (Lipinski definition) is 2. The number of carbonyl (C=O) groups excluding carboxylic acids is 2. The highest BCUT2D eigenvalue weighted by molar-refractivity contribution is 6.07. The molecule has 0 radical (unpaired) electrons. The second-order valence-corrected chi connectivity index (χ2v) is 6.38. The van der Waals surface area contributed by atoms with Gasteiger partial charge in [0, 0.05) is 6.08 Å². The van der Waals surface area contributed by atoms with Gasteiger partial charge in [0.15, 0.2) is 0 Å². The summed E-state index contributed by atoms with van der Waals surface area (Å²) in [5.74, 6) is -0.528. The van der Waals surface area contributed by atoms with Gasteiger partial charge >= 0.3 is 0 Å². The largest absolute Gasteiger partial charge is 0.345 e. The second-order valence-electron chi connectivity index (χ2n) is 6.38. The number of hydrogen-bond donors (Lipinski definition) is 2. The first-order chi connectivity index (χ1) is 13.6. The van der Waals surface area contributed by atoms with Crippen LogP contribution in [0.5, 0.6) is 0 Å². The minimum absolute atomic E-state index is 0.143. The van der Waals surface area contributed by atoms with E-state index in [2.05, 4.69) is 10.6 Å². The van der Waals surface area contributed by atoms with Crippen molar-refractivity contribution >= 4 is 23.6 Å². The molecule has 0 aromatic heterocycles. The van der Waals surface area contributed by atoms with Gasteiger partial charge in [0.25, 0.3) is 5.91 Å². The molecule has 4 nitrogen and oxygen atoms in total. The van der Waals surface area contributed by atoms with Crippen molar-refractivity contribution in [3.8, 4) is 0 Å². The van der Waals surface area contributed by atoms with Crippen molar-refractivity contribution in [2.75, 3.05) is 5.32 Å². The van der Waals surface area contributed by atoms with E-state index >= 15 is 0 Å². The highest BCUT2D eigenvalue weighted by Crippen LogP contribution is 2.18. The Bertz CT molecular complexity index is 966. The summed E-state index contributed by atoms with van der Waals surface area (Å²) in [6.45, 7) is 1.93. The number of anilines is 1. The van der Waals surface area contributed by atoms with Crippen molar-refractivity contribution in [3.63, 3.8) is 0 Å². The molecule has 28 heavy (non-hydrogen) atoms. The quantitative estimate of drug-likeness (QED) is 0.611. The number of nitrogens with one attached hydrogen (secondary N) is 2. The molecular formula is C24H22N2O2. The lowest BCUT2D eigenvalue weighted by molar-refractivity contribution is -0.111. The first kappa shape index (κ1) is 19.1. The van der Waals surface area contributed by atoms with Crippen LogP contribution in [-0.2, 0) is 4.79 Å².